The zero-order chi connectivity index (χ0) is 45.5. The van der Waals surface area contributed by atoms with E-state index in [0.717, 1.165) is 148 Å². The number of aromatic amines is 2. The zero-order valence-electron chi connectivity index (χ0n) is 38.6. The molecule has 2 fully saturated rings. The van der Waals surface area contributed by atoms with Crippen LogP contribution < -0.4 is 45.2 Å². The molecule has 14 heteroatoms. The smallest absolute Gasteiger partial charge is 0.248 e. The maximum Gasteiger partial charge on any atom is 0.248 e. The molecule has 8 rings (SSSR count). The van der Waals surface area contributed by atoms with E-state index < -0.39 is 0 Å². The summed E-state index contributed by atoms with van der Waals surface area (Å²) in [6.45, 7) is 16.6. The molecule has 66 heavy (non-hydrogen) atoms. The molecule has 0 aliphatic carbocycles. The second kappa shape index (κ2) is 28.7. The Hall–Kier alpha value is -5.21. The molecule has 4 heterocycles. The van der Waals surface area contributed by atoms with E-state index in [0.29, 0.717) is 19.8 Å². The SMILES string of the molecule is CCOc1ccccc1N1CCCN(CCCCOc2ccc3ccc(=O)[nH]c3c2)CC1.CCOc1ccccc1N1CCCNCC1.Cl.O=c1ccc2ccc(OCCCCBr)cc2[nH]1. The van der Waals surface area contributed by atoms with Gasteiger partial charge in [-0.25, -0.2) is 0 Å². The minimum absolute atomic E-state index is 0. The van der Waals surface area contributed by atoms with Gasteiger partial charge in [0.2, 0.25) is 11.1 Å². The maximum absolute atomic E-state index is 11.5. The molecule has 3 N–H and O–H groups in total. The van der Waals surface area contributed by atoms with Gasteiger partial charge >= 0.3 is 0 Å². The summed E-state index contributed by atoms with van der Waals surface area (Å²) in [7, 11) is 0. The highest BCUT2D eigenvalue weighted by molar-refractivity contribution is 9.09. The molecule has 6 aromatic rings. The Kier molecular flexibility index (Phi) is 22.5. The van der Waals surface area contributed by atoms with Gasteiger partial charge in [0.15, 0.2) is 0 Å². The van der Waals surface area contributed by atoms with Crippen LogP contribution in [0.15, 0.2) is 119 Å². The molecule has 2 saturated heterocycles. The minimum Gasteiger partial charge on any atom is -0.494 e. The van der Waals surface area contributed by atoms with Gasteiger partial charge in [0.05, 0.1) is 48.8 Å². The van der Waals surface area contributed by atoms with Gasteiger partial charge in [-0.3, -0.25) is 9.59 Å². The van der Waals surface area contributed by atoms with Crippen LogP contribution in [0.25, 0.3) is 21.8 Å². The molecule has 2 aliphatic heterocycles. The van der Waals surface area contributed by atoms with Crippen molar-refractivity contribution in [3.63, 3.8) is 0 Å². The lowest BCUT2D eigenvalue weighted by Crippen LogP contribution is -2.31. The summed E-state index contributed by atoms with van der Waals surface area (Å²) in [4.78, 5) is 35.8. The third-order valence-electron chi connectivity index (χ3n) is 11.3. The van der Waals surface area contributed by atoms with Crippen LogP contribution in [0.3, 0.4) is 0 Å². The van der Waals surface area contributed by atoms with Crippen LogP contribution in [-0.2, 0) is 0 Å². The van der Waals surface area contributed by atoms with E-state index in [-0.39, 0.29) is 23.5 Å². The number of anilines is 2. The average Bonchev–Trinajstić information content (AvgIpc) is 3.75. The molecule has 0 atom stereocenters. The Morgan fingerprint density at radius 1 is 0.545 bits per heavy atom. The first-order valence-corrected chi connectivity index (χ1v) is 24.5. The second-order valence-electron chi connectivity index (χ2n) is 16.0. The van der Waals surface area contributed by atoms with Crippen molar-refractivity contribution in [1.29, 1.82) is 0 Å². The van der Waals surface area contributed by atoms with Crippen LogP contribution in [-0.4, -0.2) is 106 Å². The molecular formula is C52H68BrClN6O6. The number of halogens is 2. The molecular weight excluding hydrogens is 920 g/mol. The van der Waals surface area contributed by atoms with Gasteiger partial charge in [-0.05, 0) is 143 Å². The average molecular weight is 989 g/mol. The molecule has 0 saturated carbocycles. The Morgan fingerprint density at radius 2 is 1.08 bits per heavy atom. The fraction of sp³-hybridized carbons (Fsp3) is 0.423. The van der Waals surface area contributed by atoms with E-state index in [1.165, 1.54) is 23.9 Å². The zero-order valence-corrected chi connectivity index (χ0v) is 41.0. The van der Waals surface area contributed by atoms with Crippen molar-refractivity contribution >= 4 is 61.5 Å². The van der Waals surface area contributed by atoms with Gasteiger partial charge < -0.3 is 48.9 Å². The number of hydrogen-bond acceptors (Lipinski definition) is 10. The van der Waals surface area contributed by atoms with Gasteiger partial charge in [-0.2, -0.15) is 0 Å². The second-order valence-corrected chi connectivity index (χ2v) is 16.8. The maximum atomic E-state index is 11.5. The number of fused-ring (bicyclic) bond motifs is 2. The van der Waals surface area contributed by atoms with E-state index >= 15 is 0 Å². The first-order valence-electron chi connectivity index (χ1n) is 23.4. The topological polar surface area (TPSA) is 124 Å². The first kappa shape index (κ1) is 51.8. The Morgan fingerprint density at radius 3 is 1.65 bits per heavy atom. The molecule has 2 aliphatic rings. The highest BCUT2D eigenvalue weighted by Gasteiger charge is 2.18. The van der Waals surface area contributed by atoms with E-state index in [1.807, 2.05) is 74.5 Å². The van der Waals surface area contributed by atoms with Gasteiger partial charge in [0.25, 0.3) is 0 Å². The normalized spacial score (nSPS) is 14.1. The van der Waals surface area contributed by atoms with Gasteiger partial charge in [-0.1, -0.05) is 40.2 Å². The summed E-state index contributed by atoms with van der Waals surface area (Å²) in [5, 5.41) is 6.44. The number of aromatic nitrogens is 2. The van der Waals surface area contributed by atoms with Crippen LogP contribution >= 0.6 is 28.3 Å². The van der Waals surface area contributed by atoms with Crippen molar-refractivity contribution in [3.05, 3.63) is 130 Å². The largest absolute Gasteiger partial charge is 0.494 e. The van der Waals surface area contributed by atoms with Gasteiger partial charge in [0, 0.05) is 68.9 Å². The third-order valence-corrected chi connectivity index (χ3v) is 11.8. The summed E-state index contributed by atoms with van der Waals surface area (Å²) >= 11 is 3.38. The number of ether oxygens (including phenoxy) is 4. The van der Waals surface area contributed by atoms with Gasteiger partial charge in [-0.15, -0.1) is 12.4 Å². The molecule has 0 amide bonds. The first-order chi connectivity index (χ1) is 31.9. The summed E-state index contributed by atoms with van der Waals surface area (Å²) in [6, 6.07) is 35.0. The number of benzene rings is 4. The number of hydrogen-bond donors (Lipinski definition) is 3. The predicted molar refractivity (Wildman–Crippen MR) is 278 cm³/mol. The standard InChI is InChI=1S/C26H33N3O3.C13H14BrNO2.C13H20N2O.ClH/c1-2-31-25-9-4-3-8-24(25)29-16-7-15-28(17-18-29)14-5-6-19-32-22-12-10-21-11-13-26(30)27-23(21)20-22;14-7-1-2-8-17-11-5-3-10-4-6-13(16)15-12(10)9-11;1-2-16-13-7-4-3-6-12(13)15-10-5-8-14-9-11-15;/h3-4,8-13,20H,2,5-7,14-19H2,1H3,(H,27,30);3-6,9H,1-2,7-8H2,(H,15,16);3-4,6-7,14H,2,5,8-11H2,1H3;1H. The molecule has 0 radical (unpaired) electrons. The van der Waals surface area contributed by atoms with Crippen molar-refractivity contribution in [2.45, 2.75) is 52.4 Å². The summed E-state index contributed by atoms with van der Waals surface area (Å²) in [5.41, 5.74) is 3.89. The number of nitrogens with one attached hydrogen (secondary N) is 3. The van der Waals surface area contributed by atoms with Gasteiger partial charge in [0.1, 0.15) is 23.0 Å². The quantitative estimate of drug-likeness (QED) is 0.0602. The minimum atomic E-state index is -0.0907. The predicted octanol–water partition coefficient (Wildman–Crippen LogP) is 9.69. The Labute approximate surface area is 404 Å². The molecule has 356 valence electrons. The van der Waals surface area contributed by atoms with Crippen LogP contribution in [0, 0.1) is 0 Å². The van der Waals surface area contributed by atoms with Crippen molar-refractivity contribution in [2.75, 3.05) is 100 Å². The summed E-state index contributed by atoms with van der Waals surface area (Å²) in [5.74, 6) is 3.59. The van der Waals surface area contributed by atoms with Crippen molar-refractivity contribution < 1.29 is 18.9 Å². The lowest BCUT2D eigenvalue weighted by molar-refractivity contribution is 0.261. The third kappa shape index (κ3) is 16.6. The molecule has 0 bridgehead atoms. The monoisotopic (exact) mass is 986 g/mol. The Bertz CT molecular complexity index is 2440. The van der Waals surface area contributed by atoms with Crippen LogP contribution in [0.2, 0.25) is 0 Å². The summed E-state index contributed by atoms with van der Waals surface area (Å²) in [6.07, 6.45) is 6.60. The Balaban J connectivity index is 0.000000203. The van der Waals surface area contributed by atoms with Crippen molar-refractivity contribution in [2.24, 2.45) is 0 Å². The molecule has 4 aromatic carbocycles. The van der Waals surface area contributed by atoms with Crippen LogP contribution in [0.5, 0.6) is 23.0 Å². The molecule has 0 spiro atoms. The lowest BCUT2D eigenvalue weighted by Gasteiger charge is -2.25. The fourth-order valence-electron chi connectivity index (χ4n) is 7.97. The molecule has 0 unspecified atom stereocenters. The van der Waals surface area contributed by atoms with E-state index in [4.69, 9.17) is 18.9 Å². The summed E-state index contributed by atoms with van der Waals surface area (Å²) < 4.78 is 23.0. The highest BCUT2D eigenvalue weighted by Crippen LogP contribution is 2.30. The van der Waals surface area contributed by atoms with E-state index in [9.17, 15) is 9.59 Å². The number of para-hydroxylation sites is 4. The number of H-pyrrole nitrogens is 2. The van der Waals surface area contributed by atoms with Crippen LogP contribution in [0.1, 0.15) is 52.4 Å². The number of pyridine rings is 2. The molecule has 2 aromatic heterocycles. The fourth-order valence-corrected chi connectivity index (χ4v) is 8.36. The number of nitrogens with zero attached hydrogens (tertiary/aromatic N) is 3. The number of alkyl halides is 1. The highest BCUT2D eigenvalue weighted by atomic mass is 79.9. The lowest BCUT2D eigenvalue weighted by atomic mass is 10.2. The number of unbranched alkanes of at least 4 members (excludes halogenated alkanes) is 2. The van der Waals surface area contributed by atoms with Crippen LogP contribution in [0.4, 0.5) is 11.4 Å². The number of rotatable bonds is 17. The van der Waals surface area contributed by atoms with E-state index in [2.05, 4.69) is 82.3 Å². The molecule has 12 nitrogen and oxygen atoms in total. The van der Waals surface area contributed by atoms with Crippen molar-refractivity contribution in [3.8, 4) is 23.0 Å². The van der Waals surface area contributed by atoms with Crippen molar-refractivity contribution in [1.82, 2.24) is 20.2 Å². The van der Waals surface area contributed by atoms with E-state index in [1.54, 1.807) is 6.07 Å².